The van der Waals surface area contributed by atoms with Crippen molar-refractivity contribution in [2.24, 2.45) is 0 Å². The zero-order chi connectivity index (χ0) is 23.6. The van der Waals surface area contributed by atoms with Gasteiger partial charge in [-0.25, -0.2) is 0 Å². The molecule has 1 aromatic carbocycles. The van der Waals surface area contributed by atoms with Crippen molar-refractivity contribution in [1.29, 1.82) is 0 Å². The molecule has 1 atom stereocenters. The van der Waals surface area contributed by atoms with Crippen molar-refractivity contribution in [3.8, 4) is 0 Å². The number of nitrogens with one attached hydrogen (secondary N) is 2. The zero-order valence-electron chi connectivity index (χ0n) is 19.1. The van der Waals surface area contributed by atoms with E-state index in [1.807, 2.05) is 12.1 Å². The van der Waals surface area contributed by atoms with Crippen LogP contribution in [0.25, 0.3) is 0 Å². The van der Waals surface area contributed by atoms with Crippen LogP contribution < -0.4 is 10.6 Å². The fourth-order valence-corrected chi connectivity index (χ4v) is 4.74. The molecule has 33 heavy (non-hydrogen) atoms. The number of likely N-dealkylation sites (N-methyl/N-ethyl adjacent to an activating group) is 1. The molecule has 1 aromatic heterocycles. The number of amides is 3. The third-order valence-electron chi connectivity index (χ3n) is 6.76. The minimum atomic E-state index is -1.09. The molecule has 0 saturated heterocycles. The SMILES string of the molecule is CN1C(=O)c2cc(C(=O)NCc3cccc(Cl)c3)nn2C[C@@]1(C)C(=O)NC1CCCCCC1. The minimum Gasteiger partial charge on any atom is -0.351 e. The number of rotatable bonds is 5. The van der Waals surface area contributed by atoms with Gasteiger partial charge in [-0.3, -0.25) is 19.1 Å². The summed E-state index contributed by atoms with van der Waals surface area (Å²) >= 11 is 5.99. The number of fused-ring (bicyclic) bond motifs is 1. The molecule has 1 aliphatic carbocycles. The van der Waals surface area contributed by atoms with E-state index in [1.54, 1.807) is 26.1 Å². The lowest BCUT2D eigenvalue weighted by Gasteiger charge is -2.41. The van der Waals surface area contributed by atoms with Gasteiger partial charge in [-0.1, -0.05) is 49.4 Å². The molecule has 2 aromatic rings. The number of nitrogens with zero attached hydrogens (tertiary/aromatic N) is 3. The molecule has 2 aliphatic rings. The Morgan fingerprint density at radius 1 is 1.18 bits per heavy atom. The van der Waals surface area contributed by atoms with Crippen LogP contribution in [0.3, 0.4) is 0 Å². The summed E-state index contributed by atoms with van der Waals surface area (Å²) in [7, 11) is 1.63. The molecular formula is C24H30ClN5O3. The Hall–Kier alpha value is -2.87. The normalized spacial score (nSPS) is 21.3. The number of hydrogen-bond acceptors (Lipinski definition) is 4. The molecule has 176 valence electrons. The maximum absolute atomic E-state index is 13.3. The summed E-state index contributed by atoms with van der Waals surface area (Å²) in [5.74, 6) is -0.906. The molecule has 0 bridgehead atoms. The summed E-state index contributed by atoms with van der Waals surface area (Å²) < 4.78 is 1.48. The van der Waals surface area contributed by atoms with Crippen LogP contribution in [0.5, 0.6) is 0 Å². The van der Waals surface area contributed by atoms with E-state index >= 15 is 0 Å². The second kappa shape index (κ2) is 9.55. The van der Waals surface area contributed by atoms with Gasteiger partial charge in [0.25, 0.3) is 11.8 Å². The van der Waals surface area contributed by atoms with Gasteiger partial charge in [-0.05, 0) is 37.5 Å². The third-order valence-corrected chi connectivity index (χ3v) is 6.99. The molecule has 2 heterocycles. The first kappa shape index (κ1) is 23.3. The molecule has 4 rings (SSSR count). The van der Waals surface area contributed by atoms with E-state index < -0.39 is 11.4 Å². The molecule has 0 spiro atoms. The third kappa shape index (κ3) is 4.90. The summed E-state index contributed by atoms with van der Waals surface area (Å²) in [5, 5.41) is 10.9. The minimum absolute atomic E-state index is 0.132. The highest BCUT2D eigenvalue weighted by atomic mass is 35.5. The average molecular weight is 472 g/mol. The van der Waals surface area contributed by atoms with Gasteiger partial charge >= 0.3 is 0 Å². The predicted molar refractivity (Wildman–Crippen MR) is 125 cm³/mol. The van der Waals surface area contributed by atoms with Crippen LogP contribution in [0.1, 0.15) is 72.0 Å². The second-order valence-corrected chi connectivity index (χ2v) is 9.62. The maximum Gasteiger partial charge on any atom is 0.272 e. The van der Waals surface area contributed by atoms with Crippen molar-refractivity contribution in [2.75, 3.05) is 7.05 Å². The van der Waals surface area contributed by atoms with E-state index in [-0.39, 0.29) is 36.6 Å². The number of aromatic nitrogens is 2. The Balaban J connectivity index is 1.47. The average Bonchev–Trinajstić information content (AvgIpc) is 3.04. The van der Waals surface area contributed by atoms with Crippen molar-refractivity contribution in [1.82, 2.24) is 25.3 Å². The van der Waals surface area contributed by atoms with Crippen molar-refractivity contribution in [2.45, 2.75) is 70.1 Å². The Kier molecular flexibility index (Phi) is 6.74. The maximum atomic E-state index is 13.3. The van der Waals surface area contributed by atoms with Gasteiger partial charge < -0.3 is 15.5 Å². The first-order valence-electron chi connectivity index (χ1n) is 11.5. The molecule has 2 N–H and O–H groups in total. The number of halogens is 1. The zero-order valence-corrected chi connectivity index (χ0v) is 19.8. The van der Waals surface area contributed by atoms with Crippen molar-refractivity contribution in [3.05, 3.63) is 52.3 Å². The van der Waals surface area contributed by atoms with Gasteiger partial charge in [0.1, 0.15) is 11.2 Å². The smallest absolute Gasteiger partial charge is 0.272 e. The number of hydrogen-bond donors (Lipinski definition) is 2. The van der Waals surface area contributed by atoms with E-state index in [9.17, 15) is 14.4 Å². The molecule has 8 nitrogen and oxygen atoms in total. The quantitative estimate of drug-likeness (QED) is 0.655. The van der Waals surface area contributed by atoms with Gasteiger partial charge in [0, 0.05) is 30.7 Å². The largest absolute Gasteiger partial charge is 0.351 e. The van der Waals surface area contributed by atoms with Crippen LogP contribution in [-0.2, 0) is 17.9 Å². The Labute approximate surface area is 198 Å². The molecule has 3 amide bonds. The highest BCUT2D eigenvalue weighted by molar-refractivity contribution is 6.30. The number of carbonyl (C=O) groups excluding carboxylic acids is 3. The summed E-state index contributed by atoms with van der Waals surface area (Å²) in [6, 6.07) is 8.83. The molecule has 9 heteroatoms. The second-order valence-electron chi connectivity index (χ2n) is 9.19. The van der Waals surface area contributed by atoms with Gasteiger partial charge in [-0.2, -0.15) is 5.10 Å². The van der Waals surface area contributed by atoms with Crippen LogP contribution in [0.15, 0.2) is 30.3 Å². The molecule has 0 unspecified atom stereocenters. The van der Waals surface area contributed by atoms with Crippen LogP contribution in [0, 0.1) is 0 Å². The van der Waals surface area contributed by atoms with Crippen molar-refractivity contribution in [3.63, 3.8) is 0 Å². The molecule has 1 saturated carbocycles. The van der Waals surface area contributed by atoms with Gasteiger partial charge in [-0.15, -0.1) is 0 Å². The highest BCUT2D eigenvalue weighted by Crippen LogP contribution is 2.27. The Morgan fingerprint density at radius 2 is 1.91 bits per heavy atom. The molecular weight excluding hydrogens is 442 g/mol. The fourth-order valence-electron chi connectivity index (χ4n) is 4.52. The van der Waals surface area contributed by atoms with E-state index in [4.69, 9.17) is 11.6 Å². The van der Waals surface area contributed by atoms with E-state index in [0.717, 1.165) is 31.2 Å². The monoisotopic (exact) mass is 471 g/mol. The van der Waals surface area contributed by atoms with E-state index in [2.05, 4.69) is 15.7 Å². The summed E-state index contributed by atoms with van der Waals surface area (Å²) in [6.07, 6.45) is 6.52. The molecule has 1 fully saturated rings. The van der Waals surface area contributed by atoms with Crippen LogP contribution in [0.4, 0.5) is 0 Å². The fraction of sp³-hybridized carbons (Fsp3) is 0.500. The van der Waals surface area contributed by atoms with Crippen molar-refractivity contribution >= 4 is 29.3 Å². The van der Waals surface area contributed by atoms with Crippen LogP contribution >= 0.6 is 11.6 Å². The van der Waals surface area contributed by atoms with Crippen LogP contribution in [-0.4, -0.2) is 51.0 Å². The Morgan fingerprint density at radius 3 is 2.61 bits per heavy atom. The first-order valence-corrected chi connectivity index (χ1v) is 11.9. The summed E-state index contributed by atoms with van der Waals surface area (Å²) in [4.78, 5) is 40.5. The lowest BCUT2D eigenvalue weighted by atomic mass is 9.95. The van der Waals surface area contributed by atoms with E-state index in [0.29, 0.717) is 10.7 Å². The first-order chi connectivity index (χ1) is 15.8. The predicted octanol–water partition coefficient (Wildman–Crippen LogP) is 3.15. The van der Waals surface area contributed by atoms with E-state index in [1.165, 1.54) is 28.5 Å². The lowest BCUT2D eigenvalue weighted by molar-refractivity contribution is -0.133. The molecule has 0 radical (unpaired) electrons. The van der Waals surface area contributed by atoms with Gasteiger partial charge in [0.05, 0.1) is 6.54 Å². The van der Waals surface area contributed by atoms with Crippen molar-refractivity contribution < 1.29 is 14.4 Å². The highest BCUT2D eigenvalue weighted by Gasteiger charge is 2.46. The standard InChI is InChI=1S/C24H30ClN5O3/c1-24(23(33)27-18-10-5-3-4-6-11-18)15-30-20(22(32)29(24)2)13-19(28-30)21(31)26-14-16-8-7-9-17(25)12-16/h7-9,12-13,18H,3-6,10-11,14-15H2,1-2H3,(H,26,31)(H,27,33)/t24-/m0/s1. The number of benzene rings is 1. The lowest BCUT2D eigenvalue weighted by Crippen LogP contribution is -2.63. The van der Waals surface area contributed by atoms with Gasteiger partial charge in [0.2, 0.25) is 5.91 Å². The van der Waals surface area contributed by atoms with Crippen LogP contribution in [0.2, 0.25) is 5.02 Å². The summed E-state index contributed by atoms with van der Waals surface area (Å²) in [5.41, 5.74) is 0.211. The van der Waals surface area contributed by atoms with Gasteiger partial charge in [0.15, 0.2) is 5.69 Å². The molecule has 1 aliphatic heterocycles. The number of carbonyl (C=O) groups is 3. The Bertz CT molecular complexity index is 1060. The summed E-state index contributed by atoms with van der Waals surface area (Å²) in [6.45, 7) is 2.22. The topological polar surface area (TPSA) is 96.3 Å².